The number of benzene rings is 5. The van der Waals surface area contributed by atoms with Gasteiger partial charge in [0.05, 0.1) is 32.5 Å². The molecule has 0 aliphatic heterocycles. The molecule has 0 bridgehead atoms. The molecule has 12 nitrogen and oxygen atoms in total. The van der Waals surface area contributed by atoms with Crippen LogP contribution in [0.15, 0.2) is 159 Å². The van der Waals surface area contributed by atoms with Crippen molar-refractivity contribution >= 4 is 35.3 Å². The minimum atomic E-state index is -0.477. The van der Waals surface area contributed by atoms with Gasteiger partial charge < -0.3 is 28.8 Å². The van der Waals surface area contributed by atoms with E-state index in [4.69, 9.17) is 23.7 Å². The van der Waals surface area contributed by atoms with E-state index < -0.39 is 18.0 Å². The van der Waals surface area contributed by atoms with E-state index in [9.17, 15) is 33.9 Å². The Kier molecular flexibility index (Phi) is 33.8. The first kappa shape index (κ1) is 68.6. The highest BCUT2D eigenvalue weighted by Crippen LogP contribution is 2.26. The molecule has 0 spiro atoms. The lowest BCUT2D eigenvalue weighted by atomic mass is 9.92. The summed E-state index contributed by atoms with van der Waals surface area (Å²) in [4.78, 5) is 71.1. The Balaban J connectivity index is 0.000000339. The van der Waals surface area contributed by atoms with Gasteiger partial charge in [0.2, 0.25) is 0 Å². The number of hydrogen-bond donors (Lipinski definition) is 1. The number of rotatable bonds is 36. The van der Waals surface area contributed by atoms with E-state index in [0.717, 1.165) is 110 Å². The van der Waals surface area contributed by atoms with Gasteiger partial charge in [-0.05, 0) is 124 Å². The molecule has 0 radical (unpaired) electrons. The molecule has 0 aliphatic rings. The predicted octanol–water partition coefficient (Wildman–Crippen LogP) is 16.2. The minimum absolute atomic E-state index is 0.00187. The van der Waals surface area contributed by atoms with Crippen molar-refractivity contribution in [2.75, 3.05) is 26.4 Å². The Labute approximate surface area is 488 Å². The van der Waals surface area contributed by atoms with Crippen LogP contribution in [-0.2, 0) is 23.9 Å². The second-order valence-corrected chi connectivity index (χ2v) is 20.2. The van der Waals surface area contributed by atoms with Crippen LogP contribution in [0, 0.1) is 11.8 Å². The van der Waals surface area contributed by atoms with E-state index in [2.05, 4.69) is 33.6 Å². The fourth-order valence-electron chi connectivity index (χ4n) is 8.39. The Morgan fingerprint density at radius 2 is 0.756 bits per heavy atom. The van der Waals surface area contributed by atoms with Crippen molar-refractivity contribution in [3.05, 3.63) is 187 Å². The lowest BCUT2D eigenvalue weighted by Gasteiger charge is -2.11. The first-order valence-electron chi connectivity index (χ1n) is 29.1. The molecule has 3 atom stereocenters. The lowest BCUT2D eigenvalue weighted by molar-refractivity contribution is -0.138. The summed E-state index contributed by atoms with van der Waals surface area (Å²) in [6.45, 7) is 22.1. The number of ether oxygens (including phenoxy) is 5. The lowest BCUT2D eigenvalue weighted by Crippen LogP contribution is -2.12. The summed E-state index contributed by atoms with van der Waals surface area (Å²) in [5, 5.41) is 9.36. The molecule has 440 valence electrons. The third-order valence-corrected chi connectivity index (χ3v) is 13.5. The molecule has 5 aromatic rings. The Morgan fingerprint density at radius 3 is 1.18 bits per heavy atom. The van der Waals surface area contributed by atoms with Crippen LogP contribution in [0.25, 0.3) is 11.1 Å². The minimum Gasteiger partial charge on any atom is -0.494 e. The van der Waals surface area contributed by atoms with Gasteiger partial charge >= 0.3 is 17.9 Å². The Hall–Kier alpha value is -7.70. The number of Topliss-reactive ketones (excluding diaryl/α,β-unsaturated/α-hetero) is 2. The molecule has 0 aromatic heterocycles. The molecular weight excluding hydrogens is 1030 g/mol. The van der Waals surface area contributed by atoms with Gasteiger partial charge in [-0.3, -0.25) is 14.4 Å². The zero-order chi connectivity index (χ0) is 59.9. The van der Waals surface area contributed by atoms with Gasteiger partial charge in [0.1, 0.15) is 17.2 Å². The number of hydrogen-bond acceptors (Lipinski definition) is 12. The summed E-state index contributed by atoms with van der Waals surface area (Å²) in [6, 6.07) is 36.5. The summed E-state index contributed by atoms with van der Waals surface area (Å²) < 4.78 is 26.2. The van der Waals surface area contributed by atoms with E-state index in [1.54, 1.807) is 67.6 Å². The molecule has 5 aromatic carbocycles. The molecule has 0 aliphatic carbocycles. The second-order valence-electron chi connectivity index (χ2n) is 20.2. The first-order chi connectivity index (χ1) is 39.6. The largest absolute Gasteiger partial charge is 0.494 e. The highest BCUT2D eigenvalue weighted by atomic mass is 16.5. The summed E-state index contributed by atoms with van der Waals surface area (Å²) in [6.07, 6.45) is 19.5. The van der Waals surface area contributed by atoms with Crippen LogP contribution < -0.4 is 14.2 Å². The summed E-state index contributed by atoms with van der Waals surface area (Å²) in [7, 11) is 0. The number of aliphatic hydroxyl groups excluding tert-OH is 1. The highest BCUT2D eigenvalue weighted by Gasteiger charge is 2.18. The summed E-state index contributed by atoms with van der Waals surface area (Å²) >= 11 is 0. The number of esters is 3. The average molecular weight is 1120 g/mol. The maximum absolute atomic E-state index is 12.9. The normalized spacial score (nSPS) is 11.6. The van der Waals surface area contributed by atoms with Crippen molar-refractivity contribution in [3.8, 4) is 28.4 Å². The molecule has 1 N–H and O–H groups in total. The number of ketones is 3. The molecule has 0 saturated heterocycles. The zero-order valence-electron chi connectivity index (χ0n) is 49.2. The molecule has 0 heterocycles. The van der Waals surface area contributed by atoms with E-state index in [0.29, 0.717) is 48.9 Å². The average Bonchev–Trinajstić information content (AvgIpc) is 3.51. The van der Waals surface area contributed by atoms with E-state index >= 15 is 0 Å². The predicted molar refractivity (Wildman–Crippen MR) is 327 cm³/mol. The van der Waals surface area contributed by atoms with Gasteiger partial charge in [0, 0.05) is 52.3 Å². The number of carbonyl (C=O) groups is 6. The Morgan fingerprint density at radius 1 is 0.415 bits per heavy atom. The van der Waals surface area contributed by atoms with Crippen LogP contribution in [-0.4, -0.2) is 66.8 Å². The molecule has 0 amide bonds. The zero-order valence-corrected chi connectivity index (χ0v) is 49.2. The smallest absolute Gasteiger partial charge is 0.335 e. The van der Waals surface area contributed by atoms with Crippen LogP contribution in [0.1, 0.15) is 186 Å². The van der Waals surface area contributed by atoms with E-state index in [1.807, 2.05) is 74.5 Å². The number of unbranched alkanes of at least 4 members (excludes halogenated alkanes) is 10. The maximum atomic E-state index is 12.9. The van der Waals surface area contributed by atoms with Gasteiger partial charge in [0.15, 0.2) is 17.3 Å². The molecule has 3 unspecified atom stereocenters. The fourth-order valence-corrected chi connectivity index (χ4v) is 8.39. The van der Waals surface area contributed by atoms with E-state index in [-0.39, 0.29) is 35.2 Å². The van der Waals surface area contributed by atoms with Gasteiger partial charge in [-0.1, -0.05) is 172 Å². The fraction of sp³-hybridized carbons (Fsp3) is 0.400. The maximum Gasteiger partial charge on any atom is 0.335 e. The summed E-state index contributed by atoms with van der Waals surface area (Å²) in [5.41, 5.74) is 5.45. The molecule has 5 rings (SSSR count). The van der Waals surface area contributed by atoms with Gasteiger partial charge in [-0.25, -0.2) is 14.4 Å². The monoisotopic (exact) mass is 1120 g/mol. The van der Waals surface area contributed by atoms with Crippen molar-refractivity contribution in [3.63, 3.8) is 0 Å². The molecule has 0 fully saturated rings. The van der Waals surface area contributed by atoms with Gasteiger partial charge in [-0.15, -0.1) is 0 Å². The highest BCUT2D eigenvalue weighted by molar-refractivity contribution is 6.09. The van der Waals surface area contributed by atoms with Crippen molar-refractivity contribution in [1.29, 1.82) is 0 Å². The van der Waals surface area contributed by atoms with Crippen LogP contribution in [0.3, 0.4) is 0 Å². The molecule has 12 heteroatoms. The molecular formula is C70H88O12. The standard InChI is InChI=1S/C31H40O5.C24H28O3.C15H20O4/c1-4-6-7-10-13-24(3)30(33)25-14-16-26(17-15-25)31(34)27-18-20-28(21-19-27)35-22-11-8-9-12-23-36-29(32)5-2;1-4-6-7-8-9-18(3)24(26)21-12-10-19(11-13-21)20-14-16-22(17-15-20)27-23(25)5-2;1-3-15(17)19-11-5-4-10-18-14-8-6-13(7-9-14)12(2)16/h5,14-21,24H,2,4,6-13,22-23H2,1,3H3;5,10-18H,2,4,6-9H2,1,3H3;3,6-9,12,16H,1,4-5,10-11H2,2H3. The third-order valence-electron chi connectivity index (χ3n) is 13.5. The van der Waals surface area contributed by atoms with Gasteiger partial charge in [-0.2, -0.15) is 0 Å². The molecule has 0 saturated carbocycles. The van der Waals surface area contributed by atoms with Crippen LogP contribution in [0.4, 0.5) is 0 Å². The van der Waals surface area contributed by atoms with Crippen LogP contribution >= 0.6 is 0 Å². The number of carbonyl (C=O) groups excluding carboxylic acids is 6. The third kappa shape index (κ3) is 27.2. The van der Waals surface area contributed by atoms with Crippen LogP contribution in [0.2, 0.25) is 0 Å². The van der Waals surface area contributed by atoms with Crippen molar-refractivity contribution in [1.82, 2.24) is 0 Å². The van der Waals surface area contributed by atoms with Crippen molar-refractivity contribution in [2.45, 2.75) is 143 Å². The summed E-state index contributed by atoms with van der Waals surface area (Å²) in [5.74, 6) is 1.05. The van der Waals surface area contributed by atoms with Gasteiger partial charge in [0.25, 0.3) is 0 Å². The number of aliphatic hydroxyl groups is 1. The SMILES string of the molecule is C=CC(=O)OCCCCCCOc1ccc(C(=O)c2ccc(C(=O)C(C)CCCCCC)cc2)cc1.C=CC(=O)OCCCCOc1ccc(C(C)O)cc1.C=CC(=O)Oc1ccc(-c2ccc(C(=O)C(C)CCCCCC)cc2)cc1. The second kappa shape index (κ2) is 40.5. The van der Waals surface area contributed by atoms with Crippen LogP contribution in [0.5, 0.6) is 17.2 Å². The van der Waals surface area contributed by atoms with Crippen molar-refractivity contribution in [2.24, 2.45) is 11.8 Å². The molecule has 82 heavy (non-hydrogen) atoms. The Bertz CT molecular complexity index is 2690. The first-order valence-corrected chi connectivity index (χ1v) is 29.1. The topological polar surface area (TPSA) is 169 Å². The quantitative estimate of drug-likeness (QED) is 0.0133. The van der Waals surface area contributed by atoms with E-state index in [1.165, 1.54) is 44.6 Å². The van der Waals surface area contributed by atoms with Crippen molar-refractivity contribution < 1.29 is 57.6 Å².